The molecule has 0 aliphatic rings. The number of nitrogens with zero attached hydrogens (tertiary/aromatic N) is 1. The van der Waals surface area contributed by atoms with E-state index >= 15 is 0 Å². The summed E-state index contributed by atoms with van der Waals surface area (Å²) in [5.74, 6) is 0. The maximum Gasteiger partial charge on any atom is 0.168 e. The van der Waals surface area contributed by atoms with E-state index in [0.717, 1.165) is 30.6 Å². The van der Waals surface area contributed by atoms with Crippen LogP contribution in [0, 0.1) is 0 Å². The molecule has 0 aromatic heterocycles. The van der Waals surface area contributed by atoms with E-state index < -0.39 is 8.36 Å². The summed E-state index contributed by atoms with van der Waals surface area (Å²) in [4.78, 5) is 2.04. The summed E-state index contributed by atoms with van der Waals surface area (Å²) < 4.78 is 24.7. The normalized spacial score (nSPS) is 14.2. The number of anilines is 1. The summed E-state index contributed by atoms with van der Waals surface area (Å²) in [5, 5.41) is 0. The van der Waals surface area contributed by atoms with Gasteiger partial charge in [0.25, 0.3) is 0 Å². The number of para-hydroxylation sites is 1. The lowest BCUT2D eigenvalue weighted by Gasteiger charge is -2.27. The van der Waals surface area contributed by atoms with Gasteiger partial charge in [-0.3, -0.25) is 0 Å². The molecule has 0 aliphatic heterocycles. The maximum absolute atomic E-state index is 13.3. The zero-order valence-electron chi connectivity index (χ0n) is 11.0. The first-order valence-electron chi connectivity index (χ1n) is 6.43. The van der Waals surface area contributed by atoms with E-state index in [1.807, 2.05) is 29.2 Å². The fourth-order valence-electron chi connectivity index (χ4n) is 1.98. The molecular weight excluding hydrogens is 474 g/mol. The topological polar surface area (TPSA) is 3.24 Å². The second-order valence-corrected chi connectivity index (χ2v) is 7.12. The van der Waals surface area contributed by atoms with Crippen molar-refractivity contribution in [1.29, 1.82) is 0 Å². The summed E-state index contributed by atoms with van der Waals surface area (Å²) in [6.45, 7) is 3.29. The second-order valence-electron chi connectivity index (χ2n) is 4.41. The van der Waals surface area contributed by atoms with Gasteiger partial charge in [-0.15, -0.1) is 0 Å². The zero-order chi connectivity index (χ0) is 14.3. The molecular formula is C14H19F2I2N. The molecule has 0 aliphatic carbocycles. The van der Waals surface area contributed by atoms with Crippen LogP contribution in [0.3, 0.4) is 0 Å². The van der Waals surface area contributed by atoms with Crippen molar-refractivity contribution in [3.05, 3.63) is 29.8 Å². The average Bonchev–Trinajstić information content (AvgIpc) is 2.34. The van der Waals surface area contributed by atoms with Crippen molar-refractivity contribution < 1.29 is 8.78 Å². The van der Waals surface area contributed by atoms with Gasteiger partial charge >= 0.3 is 0 Å². The molecule has 5 heteroatoms. The van der Waals surface area contributed by atoms with Gasteiger partial charge in [0.05, 0.1) is 6.54 Å². The van der Waals surface area contributed by atoms with Crippen LogP contribution in [0.15, 0.2) is 24.3 Å². The minimum atomic E-state index is -0.914. The average molecular weight is 493 g/mol. The van der Waals surface area contributed by atoms with E-state index in [4.69, 9.17) is 0 Å². The first-order valence-corrected chi connectivity index (χ1v) is 8.92. The Labute approximate surface area is 141 Å². The van der Waals surface area contributed by atoms with Gasteiger partial charge in [-0.05, 0) is 63.2 Å². The van der Waals surface area contributed by atoms with Gasteiger partial charge in [0.15, 0.2) is 8.36 Å². The standard InChI is InChI=1S/C14H19F2I2N/c1-2-3-8-19(10-14(16)18)12-7-5-4-6-11(12)9-13(15)17/h4-7,13-14H,2-3,8-10H2,1H3. The van der Waals surface area contributed by atoms with E-state index in [1.165, 1.54) is 0 Å². The molecule has 1 aromatic carbocycles. The minimum absolute atomic E-state index is 0.357. The van der Waals surface area contributed by atoms with Crippen LogP contribution in [0.5, 0.6) is 0 Å². The van der Waals surface area contributed by atoms with Crippen LogP contribution in [0.4, 0.5) is 14.5 Å². The molecule has 0 N–H and O–H groups in total. The molecule has 0 saturated heterocycles. The molecule has 108 valence electrons. The number of benzene rings is 1. The Morgan fingerprint density at radius 2 is 1.84 bits per heavy atom. The highest BCUT2D eigenvalue weighted by Gasteiger charge is 2.15. The van der Waals surface area contributed by atoms with Gasteiger partial charge in [0, 0.05) is 18.7 Å². The SMILES string of the molecule is CCCCN(CC(F)I)c1ccccc1CC(F)I. The van der Waals surface area contributed by atoms with Crippen molar-refractivity contribution in [3.63, 3.8) is 0 Å². The van der Waals surface area contributed by atoms with Crippen LogP contribution in [-0.4, -0.2) is 21.4 Å². The van der Waals surface area contributed by atoms with Gasteiger partial charge in [-0.25, -0.2) is 8.78 Å². The summed E-state index contributed by atoms with van der Waals surface area (Å²) in [7, 11) is 0. The van der Waals surface area contributed by atoms with Crippen LogP contribution in [0.1, 0.15) is 25.3 Å². The highest BCUT2D eigenvalue weighted by atomic mass is 127. The summed E-state index contributed by atoms with van der Waals surface area (Å²) >= 11 is 3.57. The van der Waals surface area contributed by atoms with E-state index in [-0.39, 0.29) is 0 Å². The van der Waals surface area contributed by atoms with Gasteiger partial charge in [0.1, 0.15) is 0 Å². The molecule has 2 atom stereocenters. The molecule has 0 radical (unpaired) electrons. The van der Waals surface area contributed by atoms with Crippen molar-refractivity contribution in [2.45, 2.75) is 34.5 Å². The number of hydrogen-bond acceptors (Lipinski definition) is 1. The molecule has 0 spiro atoms. The zero-order valence-corrected chi connectivity index (χ0v) is 15.3. The molecule has 0 saturated carbocycles. The minimum Gasteiger partial charge on any atom is -0.368 e. The maximum atomic E-state index is 13.3. The van der Waals surface area contributed by atoms with Crippen molar-refractivity contribution in [3.8, 4) is 0 Å². The molecule has 19 heavy (non-hydrogen) atoms. The lowest BCUT2D eigenvalue weighted by molar-refractivity contribution is 0.462. The Morgan fingerprint density at radius 3 is 2.42 bits per heavy atom. The predicted molar refractivity (Wildman–Crippen MR) is 95.1 cm³/mol. The van der Waals surface area contributed by atoms with E-state index in [9.17, 15) is 8.78 Å². The Hall–Kier alpha value is 0.340. The van der Waals surface area contributed by atoms with Crippen LogP contribution in [0.2, 0.25) is 0 Å². The molecule has 0 heterocycles. The van der Waals surface area contributed by atoms with E-state index in [0.29, 0.717) is 13.0 Å². The third-order valence-electron chi connectivity index (χ3n) is 2.85. The largest absolute Gasteiger partial charge is 0.368 e. The number of unbranched alkanes of at least 4 members (excludes halogenated alkanes) is 1. The van der Waals surface area contributed by atoms with E-state index in [2.05, 4.69) is 6.92 Å². The Bertz CT molecular complexity index is 372. The predicted octanol–water partition coefficient (Wildman–Crippen LogP) is 5.30. The highest BCUT2D eigenvalue weighted by Crippen LogP contribution is 2.25. The summed E-state index contributed by atoms with van der Waals surface area (Å²) in [6.07, 6.45) is 2.45. The van der Waals surface area contributed by atoms with Gasteiger partial charge in [-0.1, -0.05) is 31.5 Å². The second kappa shape index (κ2) is 9.31. The van der Waals surface area contributed by atoms with Crippen molar-refractivity contribution in [1.82, 2.24) is 0 Å². The highest BCUT2D eigenvalue weighted by molar-refractivity contribution is 14.1. The Balaban J connectivity index is 2.92. The lowest BCUT2D eigenvalue weighted by atomic mass is 10.1. The first kappa shape index (κ1) is 17.4. The monoisotopic (exact) mass is 493 g/mol. The number of halogens is 4. The van der Waals surface area contributed by atoms with Crippen LogP contribution >= 0.6 is 45.2 Å². The number of alkyl halides is 4. The molecule has 0 bridgehead atoms. The van der Waals surface area contributed by atoms with Crippen molar-refractivity contribution >= 4 is 50.9 Å². The fraction of sp³-hybridized carbons (Fsp3) is 0.571. The van der Waals surface area contributed by atoms with Crippen molar-refractivity contribution in [2.75, 3.05) is 18.0 Å². The Kier molecular flexibility index (Phi) is 8.52. The lowest BCUT2D eigenvalue weighted by Crippen LogP contribution is -2.30. The fourth-order valence-corrected chi connectivity index (χ4v) is 2.93. The van der Waals surface area contributed by atoms with Gasteiger partial charge < -0.3 is 4.90 Å². The van der Waals surface area contributed by atoms with Crippen molar-refractivity contribution in [2.24, 2.45) is 0 Å². The smallest absolute Gasteiger partial charge is 0.168 e. The molecule has 1 rings (SSSR count). The Morgan fingerprint density at radius 1 is 1.16 bits per heavy atom. The molecule has 1 nitrogen and oxygen atoms in total. The number of rotatable bonds is 8. The van der Waals surface area contributed by atoms with Gasteiger partial charge in [-0.2, -0.15) is 0 Å². The first-order chi connectivity index (χ1) is 9.04. The van der Waals surface area contributed by atoms with E-state index in [1.54, 1.807) is 45.2 Å². The van der Waals surface area contributed by atoms with Crippen LogP contribution < -0.4 is 4.90 Å². The van der Waals surface area contributed by atoms with Gasteiger partial charge in [0.2, 0.25) is 0 Å². The third-order valence-corrected chi connectivity index (χ3v) is 3.68. The van der Waals surface area contributed by atoms with Crippen LogP contribution in [0.25, 0.3) is 0 Å². The molecule has 0 amide bonds. The van der Waals surface area contributed by atoms with Crippen LogP contribution in [-0.2, 0) is 6.42 Å². The third kappa shape index (κ3) is 6.55. The molecule has 2 unspecified atom stereocenters. The molecule has 0 fully saturated rings. The molecule has 1 aromatic rings. The quantitative estimate of drug-likeness (QED) is 0.352. The summed E-state index contributed by atoms with van der Waals surface area (Å²) in [6, 6.07) is 7.73. The summed E-state index contributed by atoms with van der Waals surface area (Å²) in [5.41, 5.74) is 1.92. The number of hydrogen-bond donors (Lipinski definition) is 0.